The maximum atomic E-state index is 12.2. The zero-order valence-corrected chi connectivity index (χ0v) is 15.1. The molecule has 5 heteroatoms. The number of ketones is 1. The highest BCUT2D eigenvalue weighted by Crippen LogP contribution is 2.22. The van der Waals surface area contributed by atoms with Crippen LogP contribution in [0.4, 0.5) is 5.69 Å². The number of carbonyl (C=O) groups is 2. The van der Waals surface area contributed by atoms with Crippen molar-refractivity contribution >= 4 is 40.6 Å². The Balaban J connectivity index is 1.89. The number of nitrogens with one attached hydrogen (secondary N) is 1. The van der Waals surface area contributed by atoms with Crippen molar-refractivity contribution in [3.63, 3.8) is 0 Å². The van der Waals surface area contributed by atoms with E-state index in [9.17, 15) is 9.59 Å². The van der Waals surface area contributed by atoms with Crippen LogP contribution in [0.15, 0.2) is 42.5 Å². The standard InChI is InChI=1S/C19H19Cl2NO2/c1-12(2)13-3-5-14(6-4-13)18(23)7-8-19(24)22-17-10-15(20)9-16(21)11-17/h3-6,9-12H,7-8H2,1-2H3,(H,22,24). The SMILES string of the molecule is CC(C)c1ccc(C(=O)CCC(=O)Nc2cc(Cl)cc(Cl)c2)cc1. The van der Waals surface area contributed by atoms with Crippen molar-refractivity contribution in [2.24, 2.45) is 0 Å². The molecule has 0 saturated heterocycles. The molecule has 0 aromatic heterocycles. The Hall–Kier alpha value is -1.84. The van der Waals surface area contributed by atoms with Gasteiger partial charge in [0.15, 0.2) is 5.78 Å². The van der Waals surface area contributed by atoms with E-state index in [4.69, 9.17) is 23.2 Å². The fraction of sp³-hybridized carbons (Fsp3) is 0.263. The number of halogens is 2. The maximum absolute atomic E-state index is 12.2. The highest BCUT2D eigenvalue weighted by Gasteiger charge is 2.11. The number of carbonyl (C=O) groups excluding carboxylic acids is 2. The van der Waals surface area contributed by atoms with Crippen LogP contribution in [0.1, 0.15) is 48.5 Å². The number of amides is 1. The van der Waals surface area contributed by atoms with E-state index in [0.717, 1.165) is 0 Å². The molecule has 0 unspecified atom stereocenters. The molecule has 0 saturated carbocycles. The monoisotopic (exact) mass is 363 g/mol. The Morgan fingerprint density at radius 2 is 1.54 bits per heavy atom. The molecule has 2 aromatic carbocycles. The number of hydrogen-bond donors (Lipinski definition) is 1. The number of benzene rings is 2. The van der Waals surface area contributed by atoms with Crippen LogP contribution in [-0.2, 0) is 4.79 Å². The second-order valence-electron chi connectivity index (χ2n) is 5.91. The molecule has 0 bridgehead atoms. The second-order valence-corrected chi connectivity index (χ2v) is 6.78. The number of anilines is 1. The summed E-state index contributed by atoms with van der Waals surface area (Å²) in [4.78, 5) is 24.1. The predicted molar refractivity (Wildman–Crippen MR) is 99.2 cm³/mol. The van der Waals surface area contributed by atoms with Gasteiger partial charge in [0.25, 0.3) is 0 Å². The molecule has 0 atom stereocenters. The molecular formula is C19H19Cl2NO2. The van der Waals surface area contributed by atoms with Gasteiger partial charge in [0.2, 0.25) is 5.91 Å². The van der Waals surface area contributed by atoms with Crippen LogP contribution in [-0.4, -0.2) is 11.7 Å². The molecule has 3 nitrogen and oxygen atoms in total. The third-order valence-corrected chi connectivity index (χ3v) is 4.06. The summed E-state index contributed by atoms with van der Waals surface area (Å²) in [6.45, 7) is 4.20. The number of hydrogen-bond acceptors (Lipinski definition) is 2. The fourth-order valence-electron chi connectivity index (χ4n) is 2.27. The van der Waals surface area contributed by atoms with Gasteiger partial charge in [0.05, 0.1) is 0 Å². The minimum Gasteiger partial charge on any atom is -0.326 e. The summed E-state index contributed by atoms with van der Waals surface area (Å²) in [5, 5.41) is 3.58. The molecule has 0 aliphatic rings. The largest absolute Gasteiger partial charge is 0.326 e. The molecule has 1 N–H and O–H groups in total. The molecule has 2 aromatic rings. The molecule has 24 heavy (non-hydrogen) atoms. The van der Waals surface area contributed by atoms with Gasteiger partial charge in [-0.2, -0.15) is 0 Å². The molecule has 126 valence electrons. The Labute approximate surface area is 152 Å². The molecular weight excluding hydrogens is 345 g/mol. The van der Waals surface area contributed by atoms with Gasteiger partial charge in [-0.05, 0) is 29.7 Å². The molecule has 0 radical (unpaired) electrons. The quantitative estimate of drug-likeness (QED) is 0.667. The van der Waals surface area contributed by atoms with Crippen LogP contribution < -0.4 is 5.32 Å². The summed E-state index contributed by atoms with van der Waals surface area (Å²) in [6.07, 6.45) is 0.260. The first-order valence-electron chi connectivity index (χ1n) is 7.74. The van der Waals surface area contributed by atoms with Gasteiger partial charge in [0, 0.05) is 34.1 Å². The average molecular weight is 364 g/mol. The van der Waals surface area contributed by atoms with Gasteiger partial charge in [-0.3, -0.25) is 9.59 Å². The van der Waals surface area contributed by atoms with E-state index in [1.54, 1.807) is 18.2 Å². The van der Waals surface area contributed by atoms with Crippen LogP contribution in [0, 0.1) is 0 Å². The van der Waals surface area contributed by atoms with E-state index in [0.29, 0.717) is 27.2 Å². The summed E-state index contributed by atoms with van der Waals surface area (Å²) in [6, 6.07) is 12.3. The van der Waals surface area contributed by atoms with Gasteiger partial charge < -0.3 is 5.32 Å². The van der Waals surface area contributed by atoms with Gasteiger partial charge in [-0.15, -0.1) is 0 Å². The number of Topliss-reactive ketones (excluding diaryl/α,β-unsaturated/α-hetero) is 1. The highest BCUT2D eigenvalue weighted by atomic mass is 35.5. The third kappa shape index (κ3) is 5.36. The van der Waals surface area contributed by atoms with Crippen LogP contribution in [0.3, 0.4) is 0 Å². The van der Waals surface area contributed by atoms with Gasteiger partial charge in [-0.25, -0.2) is 0 Å². The lowest BCUT2D eigenvalue weighted by Gasteiger charge is -2.08. The second kappa shape index (κ2) is 8.32. The van der Waals surface area contributed by atoms with Crippen molar-refractivity contribution in [1.29, 1.82) is 0 Å². The van der Waals surface area contributed by atoms with Crippen LogP contribution in [0.2, 0.25) is 10.0 Å². The van der Waals surface area contributed by atoms with Crippen LogP contribution in [0.25, 0.3) is 0 Å². The average Bonchev–Trinajstić information content (AvgIpc) is 2.51. The molecule has 0 aliphatic heterocycles. The first kappa shape index (κ1) is 18.5. The van der Waals surface area contributed by atoms with E-state index < -0.39 is 0 Å². The minimum atomic E-state index is -0.250. The summed E-state index contributed by atoms with van der Waals surface area (Å²) in [7, 11) is 0. The lowest BCUT2D eigenvalue weighted by molar-refractivity contribution is -0.116. The first-order chi connectivity index (χ1) is 11.3. The zero-order valence-electron chi connectivity index (χ0n) is 13.6. The Bertz CT molecular complexity index is 719. The number of rotatable bonds is 6. The molecule has 0 spiro atoms. The molecule has 0 fully saturated rings. The van der Waals surface area contributed by atoms with E-state index in [1.807, 2.05) is 24.3 Å². The van der Waals surface area contributed by atoms with Gasteiger partial charge in [-0.1, -0.05) is 61.3 Å². The van der Waals surface area contributed by atoms with E-state index in [2.05, 4.69) is 19.2 Å². The topological polar surface area (TPSA) is 46.2 Å². The van der Waals surface area contributed by atoms with Crippen molar-refractivity contribution in [3.8, 4) is 0 Å². The lowest BCUT2D eigenvalue weighted by atomic mass is 9.99. The van der Waals surface area contributed by atoms with Gasteiger partial charge >= 0.3 is 0 Å². The van der Waals surface area contributed by atoms with Crippen molar-refractivity contribution < 1.29 is 9.59 Å². The lowest BCUT2D eigenvalue weighted by Crippen LogP contribution is -2.13. The maximum Gasteiger partial charge on any atom is 0.224 e. The smallest absolute Gasteiger partial charge is 0.224 e. The Morgan fingerprint density at radius 1 is 0.958 bits per heavy atom. The molecule has 1 amide bonds. The summed E-state index contributed by atoms with van der Waals surface area (Å²) >= 11 is 11.8. The first-order valence-corrected chi connectivity index (χ1v) is 8.50. The van der Waals surface area contributed by atoms with E-state index in [-0.39, 0.29) is 24.5 Å². The van der Waals surface area contributed by atoms with E-state index in [1.165, 1.54) is 5.56 Å². The van der Waals surface area contributed by atoms with Gasteiger partial charge in [0.1, 0.15) is 0 Å². The molecule has 0 heterocycles. The molecule has 0 aliphatic carbocycles. The summed E-state index contributed by atoms with van der Waals surface area (Å²) < 4.78 is 0. The third-order valence-electron chi connectivity index (χ3n) is 3.62. The highest BCUT2D eigenvalue weighted by molar-refractivity contribution is 6.35. The summed E-state index contributed by atoms with van der Waals surface area (Å²) in [5.74, 6) is 0.120. The van der Waals surface area contributed by atoms with Crippen LogP contribution in [0.5, 0.6) is 0 Å². The Kier molecular flexibility index (Phi) is 6.41. The molecule has 2 rings (SSSR count). The Morgan fingerprint density at radius 3 is 2.08 bits per heavy atom. The van der Waals surface area contributed by atoms with Crippen molar-refractivity contribution in [3.05, 3.63) is 63.6 Å². The van der Waals surface area contributed by atoms with Crippen molar-refractivity contribution in [2.75, 3.05) is 5.32 Å². The predicted octanol–water partition coefficient (Wildman–Crippen LogP) is 5.72. The van der Waals surface area contributed by atoms with Crippen molar-refractivity contribution in [2.45, 2.75) is 32.6 Å². The normalized spacial score (nSPS) is 10.7. The van der Waals surface area contributed by atoms with Crippen LogP contribution >= 0.6 is 23.2 Å². The zero-order chi connectivity index (χ0) is 17.7. The van der Waals surface area contributed by atoms with Crippen molar-refractivity contribution in [1.82, 2.24) is 0 Å². The van der Waals surface area contributed by atoms with E-state index >= 15 is 0 Å². The fourth-order valence-corrected chi connectivity index (χ4v) is 2.80. The summed E-state index contributed by atoms with van der Waals surface area (Å²) in [5.41, 5.74) is 2.33. The minimum absolute atomic E-state index is 0.0513.